The molecular formula is C22H22N4O. The number of nitrogens with zero attached hydrogens (tertiary/aromatic N) is 4. The van der Waals surface area contributed by atoms with E-state index in [1.807, 2.05) is 77.5 Å². The first kappa shape index (κ1) is 17.2. The zero-order valence-corrected chi connectivity index (χ0v) is 15.4. The van der Waals surface area contributed by atoms with Crippen LogP contribution in [0, 0.1) is 0 Å². The molecule has 27 heavy (non-hydrogen) atoms. The number of anilines is 2. The number of benzene rings is 2. The first-order valence-electron chi connectivity index (χ1n) is 9.25. The van der Waals surface area contributed by atoms with Gasteiger partial charge in [-0.05, 0) is 25.0 Å². The van der Waals surface area contributed by atoms with Gasteiger partial charge < -0.3 is 9.80 Å². The number of hydrogen-bond donors (Lipinski definition) is 0. The summed E-state index contributed by atoms with van der Waals surface area (Å²) in [6.45, 7) is 1.60. The van der Waals surface area contributed by atoms with Gasteiger partial charge in [-0.15, -0.1) is 0 Å². The molecule has 5 heteroatoms. The lowest BCUT2D eigenvalue weighted by Crippen LogP contribution is -2.29. The topological polar surface area (TPSA) is 49.3 Å². The Morgan fingerprint density at radius 1 is 0.926 bits per heavy atom. The molecule has 0 bridgehead atoms. The van der Waals surface area contributed by atoms with Crippen LogP contribution in [0.15, 0.2) is 66.7 Å². The number of hydrogen-bond acceptors (Lipinski definition) is 4. The van der Waals surface area contributed by atoms with Gasteiger partial charge in [0.15, 0.2) is 5.82 Å². The van der Waals surface area contributed by atoms with Crippen molar-refractivity contribution in [3.8, 4) is 11.4 Å². The van der Waals surface area contributed by atoms with Crippen LogP contribution in [0.3, 0.4) is 0 Å². The summed E-state index contributed by atoms with van der Waals surface area (Å²) in [4.78, 5) is 26.1. The highest BCUT2D eigenvalue weighted by atomic mass is 16.2. The Labute approximate surface area is 159 Å². The van der Waals surface area contributed by atoms with E-state index in [2.05, 4.69) is 4.98 Å². The summed E-state index contributed by atoms with van der Waals surface area (Å²) in [6.07, 6.45) is 2.11. The average Bonchev–Trinajstić information content (AvgIpc) is 3.28. The molecule has 0 unspecified atom stereocenters. The summed E-state index contributed by atoms with van der Waals surface area (Å²) in [7, 11) is 1.95. The van der Waals surface area contributed by atoms with Crippen molar-refractivity contribution in [3.63, 3.8) is 0 Å². The summed E-state index contributed by atoms with van der Waals surface area (Å²) in [5, 5.41) is 0. The summed E-state index contributed by atoms with van der Waals surface area (Å²) < 4.78 is 0. The number of aromatic nitrogens is 2. The first-order valence-corrected chi connectivity index (χ1v) is 9.25. The summed E-state index contributed by atoms with van der Waals surface area (Å²) >= 11 is 0. The summed E-state index contributed by atoms with van der Waals surface area (Å²) in [5.41, 5.74) is 2.36. The van der Waals surface area contributed by atoms with E-state index in [4.69, 9.17) is 4.98 Å². The quantitative estimate of drug-likeness (QED) is 0.703. The number of rotatable bonds is 4. The van der Waals surface area contributed by atoms with Gasteiger partial charge in [-0.25, -0.2) is 9.97 Å². The van der Waals surface area contributed by atoms with Crippen molar-refractivity contribution in [1.29, 1.82) is 0 Å². The monoisotopic (exact) mass is 358 g/mol. The number of carbonyl (C=O) groups is 1. The van der Waals surface area contributed by atoms with Crippen molar-refractivity contribution in [1.82, 2.24) is 14.9 Å². The first-order chi connectivity index (χ1) is 13.2. The van der Waals surface area contributed by atoms with Crippen molar-refractivity contribution in [2.75, 3.05) is 25.0 Å². The molecule has 2 heterocycles. The predicted molar refractivity (Wildman–Crippen MR) is 107 cm³/mol. The van der Waals surface area contributed by atoms with Crippen molar-refractivity contribution in [3.05, 3.63) is 72.4 Å². The van der Waals surface area contributed by atoms with E-state index in [9.17, 15) is 4.79 Å². The van der Waals surface area contributed by atoms with Gasteiger partial charge in [-0.2, -0.15) is 0 Å². The van der Waals surface area contributed by atoms with Crippen LogP contribution in [0.5, 0.6) is 0 Å². The minimum absolute atomic E-state index is 0.0187. The van der Waals surface area contributed by atoms with Crippen molar-refractivity contribution >= 4 is 17.4 Å². The molecule has 0 spiro atoms. The van der Waals surface area contributed by atoms with Gasteiger partial charge in [0.05, 0.1) is 0 Å². The Morgan fingerprint density at radius 2 is 1.56 bits per heavy atom. The van der Waals surface area contributed by atoms with E-state index < -0.39 is 0 Å². The molecule has 0 atom stereocenters. The molecule has 4 rings (SSSR count). The lowest BCUT2D eigenvalue weighted by atomic mass is 10.2. The lowest BCUT2D eigenvalue weighted by Gasteiger charge is -2.21. The predicted octanol–water partition coefficient (Wildman–Crippen LogP) is 4.15. The number of para-hydroxylation sites is 1. The molecule has 5 nitrogen and oxygen atoms in total. The Bertz CT molecular complexity index is 922. The second kappa shape index (κ2) is 7.58. The van der Waals surface area contributed by atoms with Gasteiger partial charge in [-0.3, -0.25) is 4.79 Å². The lowest BCUT2D eigenvalue weighted by molar-refractivity contribution is 0.0787. The minimum Gasteiger partial charge on any atom is -0.337 e. The second-order valence-electron chi connectivity index (χ2n) is 6.69. The summed E-state index contributed by atoms with van der Waals surface area (Å²) in [6, 6.07) is 21.6. The molecule has 0 aliphatic carbocycles. The maximum Gasteiger partial charge on any atom is 0.272 e. The van der Waals surface area contributed by atoms with Crippen LogP contribution in [0.1, 0.15) is 23.3 Å². The molecule has 1 amide bonds. The Kier molecular flexibility index (Phi) is 4.83. The third-order valence-corrected chi connectivity index (χ3v) is 4.84. The molecule has 1 aromatic heterocycles. The molecule has 0 radical (unpaired) electrons. The highest BCUT2D eigenvalue weighted by Gasteiger charge is 2.23. The third kappa shape index (κ3) is 3.67. The van der Waals surface area contributed by atoms with E-state index in [1.165, 1.54) is 0 Å². The maximum atomic E-state index is 13.0. The molecule has 1 aliphatic rings. The maximum absolute atomic E-state index is 13.0. The van der Waals surface area contributed by atoms with E-state index >= 15 is 0 Å². The van der Waals surface area contributed by atoms with Gasteiger partial charge in [-0.1, -0.05) is 48.5 Å². The van der Waals surface area contributed by atoms with Crippen LogP contribution >= 0.6 is 0 Å². The molecule has 2 aromatic carbocycles. The number of carbonyl (C=O) groups excluding carboxylic acids is 1. The van der Waals surface area contributed by atoms with Gasteiger partial charge >= 0.3 is 0 Å². The van der Waals surface area contributed by atoms with Gasteiger partial charge in [0.1, 0.15) is 11.5 Å². The summed E-state index contributed by atoms with van der Waals surface area (Å²) in [5.74, 6) is 1.26. The van der Waals surface area contributed by atoms with E-state index in [-0.39, 0.29) is 5.91 Å². The van der Waals surface area contributed by atoms with Crippen molar-refractivity contribution in [2.45, 2.75) is 12.8 Å². The van der Waals surface area contributed by atoms with Crippen LogP contribution < -0.4 is 4.90 Å². The van der Waals surface area contributed by atoms with E-state index in [1.54, 1.807) is 6.07 Å². The molecular weight excluding hydrogens is 336 g/mol. The molecule has 1 saturated heterocycles. The smallest absolute Gasteiger partial charge is 0.272 e. The zero-order valence-electron chi connectivity index (χ0n) is 15.4. The Hall–Kier alpha value is -3.21. The number of likely N-dealkylation sites (tertiary alicyclic amines) is 1. The molecule has 136 valence electrons. The fourth-order valence-electron chi connectivity index (χ4n) is 3.30. The molecule has 0 N–H and O–H groups in total. The average molecular weight is 358 g/mol. The third-order valence-electron chi connectivity index (χ3n) is 4.84. The van der Waals surface area contributed by atoms with Crippen molar-refractivity contribution < 1.29 is 4.79 Å². The van der Waals surface area contributed by atoms with Crippen molar-refractivity contribution in [2.24, 2.45) is 0 Å². The van der Waals surface area contributed by atoms with Crippen LogP contribution in [-0.4, -0.2) is 40.9 Å². The van der Waals surface area contributed by atoms with Gasteiger partial charge in [0, 0.05) is 37.5 Å². The van der Waals surface area contributed by atoms with Gasteiger partial charge in [0.2, 0.25) is 0 Å². The highest BCUT2D eigenvalue weighted by molar-refractivity contribution is 5.94. The van der Waals surface area contributed by atoms with E-state index in [0.717, 1.165) is 37.2 Å². The zero-order chi connectivity index (χ0) is 18.6. The van der Waals surface area contributed by atoms with Crippen LogP contribution in [0.2, 0.25) is 0 Å². The van der Waals surface area contributed by atoms with Crippen LogP contribution in [0.4, 0.5) is 11.5 Å². The normalized spacial score (nSPS) is 13.6. The fourth-order valence-corrected chi connectivity index (χ4v) is 3.30. The fraction of sp³-hybridized carbons (Fsp3) is 0.227. The van der Waals surface area contributed by atoms with Crippen LogP contribution in [0.25, 0.3) is 11.4 Å². The molecule has 1 fully saturated rings. The van der Waals surface area contributed by atoms with Gasteiger partial charge in [0.25, 0.3) is 5.91 Å². The highest BCUT2D eigenvalue weighted by Crippen LogP contribution is 2.26. The van der Waals surface area contributed by atoms with Crippen LogP contribution in [-0.2, 0) is 0 Å². The molecule has 0 saturated carbocycles. The second-order valence-corrected chi connectivity index (χ2v) is 6.69. The van der Waals surface area contributed by atoms with E-state index in [0.29, 0.717) is 17.3 Å². The minimum atomic E-state index is -0.0187. The largest absolute Gasteiger partial charge is 0.337 e. The molecule has 3 aromatic rings. The standard InChI is InChI=1S/C22H22N4O/c1-25(18-12-6-3-7-13-18)20-16-19(22(27)26-14-8-9-15-26)23-21(24-20)17-10-4-2-5-11-17/h2-7,10-13,16H,8-9,14-15H2,1H3. The molecule has 1 aliphatic heterocycles. The Balaban J connectivity index is 1.78. The Morgan fingerprint density at radius 3 is 2.22 bits per heavy atom. The SMILES string of the molecule is CN(c1ccccc1)c1cc(C(=O)N2CCCC2)nc(-c2ccccc2)n1. The number of amides is 1.